The highest BCUT2D eigenvalue weighted by atomic mass is 15.2. The van der Waals surface area contributed by atoms with Gasteiger partial charge < -0.3 is 15.1 Å². The molecule has 0 aliphatic carbocycles. The van der Waals surface area contributed by atoms with Crippen molar-refractivity contribution in [3.8, 4) is 6.07 Å². The van der Waals surface area contributed by atoms with Gasteiger partial charge in [-0.25, -0.2) is 0 Å². The number of nitriles is 1. The van der Waals surface area contributed by atoms with Crippen molar-refractivity contribution >= 4 is 5.69 Å². The van der Waals surface area contributed by atoms with Crippen molar-refractivity contribution in [1.29, 1.82) is 5.26 Å². The Morgan fingerprint density at radius 3 is 2.74 bits per heavy atom. The molecule has 0 aromatic heterocycles. The summed E-state index contributed by atoms with van der Waals surface area (Å²) in [5.74, 6) is 0. The molecule has 4 nitrogen and oxygen atoms in total. The maximum atomic E-state index is 8.87. The Kier molecular flexibility index (Phi) is 4.78. The van der Waals surface area contributed by atoms with Crippen LogP contribution in [0.5, 0.6) is 0 Å². The number of hydrogen-bond acceptors (Lipinski definition) is 4. The van der Waals surface area contributed by atoms with E-state index >= 15 is 0 Å². The Bertz CT molecular complexity index is 432. The van der Waals surface area contributed by atoms with Crippen molar-refractivity contribution in [1.82, 2.24) is 10.2 Å². The lowest BCUT2D eigenvalue weighted by Crippen LogP contribution is -2.46. The lowest BCUT2D eigenvalue weighted by Gasteiger charge is -2.33. The molecule has 1 fully saturated rings. The smallest absolute Gasteiger partial charge is 0.0991 e. The van der Waals surface area contributed by atoms with Crippen molar-refractivity contribution in [2.75, 3.05) is 45.2 Å². The molecule has 0 radical (unpaired) electrons. The van der Waals surface area contributed by atoms with Crippen molar-refractivity contribution in [2.24, 2.45) is 0 Å². The molecule has 0 spiro atoms. The van der Waals surface area contributed by atoms with Gasteiger partial charge in [-0.05, 0) is 51.3 Å². The summed E-state index contributed by atoms with van der Waals surface area (Å²) in [6.45, 7) is 4.19. The SMILES string of the molecule is CN(C)CC1CNCCCN1c1ccc(C#N)cc1. The van der Waals surface area contributed by atoms with E-state index in [2.05, 4.69) is 47.4 Å². The summed E-state index contributed by atoms with van der Waals surface area (Å²) in [6.07, 6.45) is 1.16. The Hall–Kier alpha value is -1.57. The van der Waals surface area contributed by atoms with E-state index in [9.17, 15) is 0 Å². The second-order valence-electron chi connectivity index (χ2n) is 5.33. The summed E-state index contributed by atoms with van der Waals surface area (Å²) in [4.78, 5) is 4.69. The predicted molar refractivity (Wildman–Crippen MR) is 78.3 cm³/mol. The zero-order valence-corrected chi connectivity index (χ0v) is 11.8. The first-order chi connectivity index (χ1) is 9.20. The molecule has 19 heavy (non-hydrogen) atoms. The van der Waals surface area contributed by atoms with E-state index in [1.165, 1.54) is 5.69 Å². The van der Waals surface area contributed by atoms with E-state index in [-0.39, 0.29) is 0 Å². The normalized spacial score (nSPS) is 20.1. The fourth-order valence-electron chi connectivity index (χ4n) is 2.59. The largest absolute Gasteiger partial charge is 0.366 e. The second kappa shape index (κ2) is 6.55. The number of rotatable bonds is 3. The lowest BCUT2D eigenvalue weighted by molar-refractivity contribution is 0.361. The van der Waals surface area contributed by atoms with Gasteiger partial charge in [-0.3, -0.25) is 0 Å². The maximum Gasteiger partial charge on any atom is 0.0991 e. The van der Waals surface area contributed by atoms with Gasteiger partial charge in [0.1, 0.15) is 0 Å². The molecule has 1 aliphatic heterocycles. The quantitative estimate of drug-likeness (QED) is 0.887. The second-order valence-corrected chi connectivity index (χ2v) is 5.33. The first kappa shape index (κ1) is 13.9. The van der Waals surface area contributed by atoms with Crippen molar-refractivity contribution in [3.63, 3.8) is 0 Å². The van der Waals surface area contributed by atoms with Crippen molar-refractivity contribution < 1.29 is 0 Å². The highest BCUT2D eigenvalue weighted by Gasteiger charge is 2.21. The first-order valence-electron chi connectivity index (χ1n) is 6.83. The molecule has 2 rings (SSSR count). The predicted octanol–water partition coefficient (Wildman–Crippen LogP) is 1.29. The third-order valence-corrected chi connectivity index (χ3v) is 3.48. The molecule has 4 heteroatoms. The van der Waals surface area contributed by atoms with Crippen LogP contribution in [0.25, 0.3) is 0 Å². The molecule has 1 N–H and O–H groups in total. The zero-order valence-electron chi connectivity index (χ0n) is 11.8. The number of likely N-dealkylation sites (N-methyl/N-ethyl adjacent to an activating group) is 1. The van der Waals surface area contributed by atoms with Gasteiger partial charge in [0.2, 0.25) is 0 Å². The summed E-state index contributed by atoms with van der Waals surface area (Å²) >= 11 is 0. The minimum Gasteiger partial charge on any atom is -0.366 e. The topological polar surface area (TPSA) is 42.3 Å². The Morgan fingerprint density at radius 1 is 1.37 bits per heavy atom. The molecule has 1 aliphatic rings. The maximum absolute atomic E-state index is 8.87. The molecule has 0 bridgehead atoms. The van der Waals surface area contributed by atoms with E-state index < -0.39 is 0 Å². The summed E-state index contributed by atoms with van der Waals surface area (Å²) in [6, 6.07) is 10.6. The lowest BCUT2D eigenvalue weighted by atomic mass is 10.1. The van der Waals surface area contributed by atoms with Crippen LogP contribution in [0, 0.1) is 11.3 Å². The summed E-state index contributed by atoms with van der Waals surface area (Å²) in [7, 11) is 4.23. The van der Waals surface area contributed by atoms with Crippen LogP contribution < -0.4 is 10.2 Å². The number of hydrogen-bond donors (Lipinski definition) is 1. The van der Waals surface area contributed by atoms with E-state index in [1.54, 1.807) is 0 Å². The van der Waals surface area contributed by atoms with E-state index in [0.29, 0.717) is 6.04 Å². The molecule has 1 atom stereocenters. The fourth-order valence-corrected chi connectivity index (χ4v) is 2.59. The van der Waals surface area contributed by atoms with Crippen LogP contribution >= 0.6 is 0 Å². The van der Waals surface area contributed by atoms with Gasteiger partial charge in [0.25, 0.3) is 0 Å². The van der Waals surface area contributed by atoms with Gasteiger partial charge in [0.05, 0.1) is 17.7 Å². The molecule has 0 amide bonds. The van der Waals surface area contributed by atoms with E-state index in [1.807, 2.05) is 12.1 Å². The number of benzene rings is 1. The molecule has 1 unspecified atom stereocenters. The minimum atomic E-state index is 0.477. The monoisotopic (exact) mass is 258 g/mol. The van der Waals surface area contributed by atoms with E-state index in [4.69, 9.17) is 5.26 Å². The molecule has 1 aromatic rings. The number of nitrogens with zero attached hydrogens (tertiary/aromatic N) is 3. The molecule has 0 saturated carbocycles. The van der Waals surface area contributed by atoms with Crippen LogP contribution in [0.1, 0.15) is 12.0 Å². The molecule has 1 aromatic carbocycles. The average Bonchev–Trinajstić information content (AvgIpc) is 2.64. The highest BCUT2D eigenvalue weighted by Crippen LogP contribution is 2.19. The minimum absolute atomic E-state index is 0.477. The molecule has 102 valence electrons. The van der Waals surface area contributed by atoms with Crippen LogP contribution in [0.15, 0.2) is 24.3 Å². The Morgan fingerprint density at radius 2 is 2.11 bits per heavy atom. The third-order valence-electron chi connectivity index (χ3n) is 3.48. The first-order valence-corrected chi connectivity index (χ1v) is 6.83. The molecule has 1 heterocycles. The van der Waals surface area contributed by atoms with Gasteiger partial charge in [-0.15, -0.1) is 0 Å². The molecular formula is C15H22N4. The van der Waals surface area contributed by atoms with Gasteiger partial charge in [0.15, 0.2) is 0 Å². The van der Waals surface area contributed by atoms with Gasteiger partial charge in [-0.2, -0.15) is 5.26 Å². The number of anilines is 1. The van der Waals surface area contributed by atoms with Crippen molar-refractivity contribution in [2.45, 2.75) is 12.5 Å². The zero-order chi connectivity index (χ0) is 13.7. The van der Waals surface area contributed by atoms with Gasteiger partial charge >= 0.3 is 0 Å². The van der Waals surface area contributed by atoms with Crippen LogP contribution in [-0.4, -0.2) is 51.2 Å². The molecule has 1 saturated heterocycles. The third kappa shape index (κ3) is 3.69. The standard InChI is InChI=1S/C15H22N4/c1-18(2)12-15-11-17-8-3-9-19(15)14-6-4-13(10-16)5-7-14/h4-7,15,17H,3,8-9,11-12H2,1-2H3. The summed E-state index contributed by atoms with van der Waals surface area (Å²) < 4.78 is 0. The molecular weight excluding hydrogens is 236 g/mol. The Labute approximate surface area is 115 Å². The van der Waals surface area contributed by atoms with Crippen LogP contribution in [0.2, 0.25) is 0 Å². The Balaban J connectivity index is 2.18. The summed E-state index contributed by atoms with van der Waals surface area (Å²) in [5.41, 5.74) is 1.94. The van der Waals surface area contributed by atoms with Crippen LogP contribution in [-0.2, 0) is 0 Å². The van der Waals surface area contributed by atoms with Gasteiger partial charge in [-0.1, -0.05) is 0 Å². The average molecular weight is 258 g/mol. The highest BCUT2D eigenvalue weighted by molar-refractivity contribution is 5.50. The van der Waals surface area contributed by atoms with E-state index in [0.717, 1.165) is 38.2 Å². The van der Waals surface area contributed by atoms with Crippen LogP contribution in [0.4, 0.5) is 5.69 Å². The van der Waals surface area contributed by atoms with Crippen LogP contribution in [0.3, 0.4) is 0 Å². The number of nitrogens with one attached hydrogen (secondary N) is 1. The summed E-state index contributed by atoms with van der Waals surface area (Å²) in [5, 5.41) is 12.4. The fraction of sp³-hybridized carbons (Fsp3) is 0.533. The van der Waals surface area contributed by atoms with Gasteiger partial charge in [0, 0.05) is 25.3 Å². The van der Waals surface area contributed by atoms with Crippen molar-refractivity contribution in [3.05, 3.63) is 29.8 Å².